The van der Waals surface area contributed by atoms with Gasteiger partial charge in [0.15, 0.2) is 5.82 Å². The van der Waals surface area contributed by atoms with Crippen molar-refractivity contribution in [2.24, 2.45) is 0 Å². The van der Waals surface area contributed by atoms with E-state index in [1.807, 2.05) is 0 Å². The van der Waals surface area contributed by atoms with E-state index in [4.69, 9.17) is 5.73 Å². The molecular weight excluding hydrogens is 226 g/mol. The van der Waals surface area contributed by atoms with E-state index in [-0.39, 0.29) is 5.69 Å². The average molecular weight is 242 g/mol. The number of nitrogens with two attached hydrogens (primary N) is 1. The highest BCUT2D eigenvalue weighted by Crippen LogP contribution is 2.31. The van der Waals surface area contributed by atoms with E-state index in [0.29, 0.717) is 31.6 Å². The standard InChI is InChI=1S/C12H16F2N2O/c1-12(17)2-4-16(5-3-12)10-7-8(13)6-9(14)11(10)15/h6-7,17H,2-5,15H2,1H3. The topological polar surface area (TPSA) is 49.5 Å². The Morgan fingerprint density at radius 2 is 1.88 bits per heavy atom. The van der Waals surface area contributed by atoms with Crippen LogP contribution in [0.15, 0.2) is 12.1 Å². The summed E-state index contributed by atoms with van der Waals surface area (Å²) in [6, 6.07) is 2.01. The molecule has 0 amide bonds. The molecule has 0 unspecified atom stereocenters. The van der Waals surface area contributed by atoms with Gasteiger partial charge in [0.1, 0.15) is 5.82 Å². The molecule has 3 nitrogen and oxygen atoms in total. The molecule has 0 radical (unpaired) electrons. The molecule has 1 aliphatic heterocycles. The summed E-state index contributed by atoms with van der Waals surface area (Å²) < 4.78 is 26.4. The van der Waals surface area contributed by atoms with E-state index >= 15 is 0 Å². The van der Waals surface area contributed by atoms with Crippen LogP contribution in [0.5, 0.6) is 0 Å². The van der Waals surface area contributed by atoms with Crippen molar-refractivity contribution in [1.29, 1.82) is 0 Å². The van der Waals surface area contributed by atoms with Crippen LogP contribution in [0.25, 0.3) is 0 Å². The van der Waals surface area contributed by atoms with Gasteiger partial charge in [-0.05, 0) is 25.8 Å². The summed E-state index contributed by atoms with van der Waals surface area (Å²) >= 11 is 0. The van der Waals surface area contributed by atoms with Crippen molar-refractivity contribution in [1.82, 2.24) is 0 Å². The van der Waals surface area contributed by atoms with Crippen LogP contribution in [-0.4, -0.2) is 23.8 Å². The Morgan fingerprint density at radius 1 is 1.29 bits per heavy atom. The second-order valence-corrected chi connectivity index (χ2v) is 4.80. The fourth-order valence-electron chi connectivity index (χ4n) is 2.06. The van der Waals surface area contributed by atoms with Crippen molar-refractivity contribution in [2.75, 3.05) is 23.7 Å². The molecule has 0 aliphatic carbocycles. The molecule has 1 saturated heterocycles. The van der Waals surface area contributed by atoms with Crippen molar-refractivity contribution in [2.45, 2.75) is 25.4 Å². The zero-order valence-electron chi connectivity index (χ0n) is 9.71. The van der Waals surface area contributed by atoms with E-state index in [2.05, 4.69) is 0 Å². The number of anilines is 2. The third kappa shape index (κ3) is 2.49. The SMILES string of the molecule is CC1(O)CCN(c2cc(F)cc(F)c2N)CC1. The highest BCUT2D eigenvalue weighted by atomic mass is 19.1. The molecule has 0 aromatic heterocycles. The Labute approximate surface area is 98.8 Å². The predicted molar refractivity (Wildman–Crippen MR) is 62.8 cm³/mol. The number of halogens is 2. The average Bonchev–Trinajstić information content (AvgIpc) is 2.24. The van der Waals surface area contributed by atoms with Crippen LogP contribution >= 0.6 is 0 Å². The van der Waals surface area contributed by atoms with Gasteiger partial charge < -0.3 is 15.7 Å². The Morgan fingerprint density at radius 3 is 2.47 bits per heavy atom. The van der Waals surface area contributed by atoms with Crippen molar-refractivity contribution >= 4 is 11.4 Å². The van der Waals surface area contributed by atoms with E-state index in [0.717, 1.165) is 6.07 Å². The fourth-order valence-corrected chi connectivity index (χ4v) is 2.06. The van der Waals surface area contributed by atoms with E-state index < -0.39 is 17.2 Å². The van der Waals surface area contributed by atoms with Gasteiger partial charge in [0.2, 0.25) is 0 Å². The van der Waals surface area contributed by atoms with Crippen LogP contribution in [0.1, 0.15) is 19.8 Å². The summed E-state index contributed by atoms with van der Waals surface area (Å²) in [6.45, 7) is 2.85. The first-order chi connectivity index (χ1) is 7.89. The Hall–Kier alpha value is -1.36. The molecule has 0 atom stereocenters. The molecule has 2 rings (SSSR count). The van der Waals surface area contributed by atoms with Crippen LogP contribution in [0.2, 0.25) is 0 Å². The molecule has 1 aliphatic rings. The lowest BCUT2D eigenvalue weighted by molar-refractivity contribution is 0.0351. The van der Waals surface area contributed by atoms with Gasteiger partial charge in [-0.15, -0.1) is 0 Å². The minimum Gasteiger partial charge on any atom is -0.395 e. The first-order valence-electron chi connectivity index (χ1n) is 5.61. The minimum atomic E-state index is -0.739. The molecule has 1 heterocycles. The van der Waals surface area contributed by atoms with Gasteiger partial charge in [0.05, 0.1) is 17.0 Å². The molecule has 1 fully saturated rings. The van der Waals surface area contributed by atoms with Gasteiger partial charge in [0.25, 0.3) is 0 Å². The van der Waals surface area contributed by atoms with Gasteiger partial charge in [-0.25, -0.2) is 8.78 Å². The molecule has 1 aromatic carbocycles. The van der Waals surface area contributed by atoms with Crippen molar-refractivity contribution in [3.8, 4) is 0 Å². The Bertz CT molecular complexity index is 425. The summed E-state index contributed by atoms with van der Waals surface area (Å²) in [4.78, 5) is 1.81. The zero-order chi connectivity index (χ0) is 12.6. The number of nitrogens with zero attached hydrogens (tertiary/aromatic N) is 1. The monoisotopic (exact) mass is 242 g/mol. The summed E-state index contributed by atoms with van der Waals surface area (Å²) in [5.41, 5.74) is 5.25. The Balaban J connectivity index is 2.24. The maximum Gasteiger partial charge on any atom is 0.151 e. The summed E-state index contributed by atoms with van der Waals surface area (Å²) in [6.07, 6.45) is 1.12. The van der Waals surface area contributed by atoms with Crippen molar-refractivity contribution < 1.29 is 13.9 Å². The summed E-state index contributed by atoms with van der Waals surface area (Å²) in [5, 5.41) is 9.81. The molecule has 94 valence electrons. The highest BCUT2D eigenvalue weighted by Gasteiger charge is 2.28. The van der Waals surface area contributed by atoms with Crippen LogP contribution in [0, 0.1) is 11.6 Å². The van der Waals surface area contributed by atoms with Gasteiger partial charge in [0, 0.05) is 19.2 Å². The first-order valence-corrected chi connectivity index (χ1v) is 5.61. The largest absolute Gasteiger partial charge is 0.395 e. The second-order valence-electron chi connectivity index (χ2n) is 4.80. The van der Waals surface area contributed by atoms with E-state index in [1.165, 1.54) is 6.07 Å². The van der Waals surface area contributed by atoms with Gasteiger partial charge in [-0.3, -0.25) is 0 Å². The van der Waals surface area contributed by atoms with Crippen molar-refractivity contribution in [3.63, 3.8) is 0 Å². The number of nitrogen functional groups attached to an aromatic ring is 1. The van der Waals surface area contributed by atoms with E-state index in [9.17, 15) is 13.9 Å². The summed E-state index contributed by atoms with van der Waals surface area (Å²) in [5.74, 6) is -1.37. The maximum atomic E-state index is 13.3. The lowest BCUT2D eigenvalue weighted by Gasteiger charge is -2.37. The zero-order valence-corrected chi connectivity index (χ0v) is 9.71. The van der Waals surface area contributed by atoms with Gasteiger partial charge in [-0.1, -0.05) is 0 Å². The number of rotatable bonds is 1. The first kappa shape index (κ1) is 12.1. The van der Waals surface area contributed by atoms with Gasteiger partial charge in [-0.2, -0.15) is 0 Å². The normalized spacial score (nSPS) is 19.4. The lowest BCUT2D eigenvalue weighted by atomic mass is 9.93. The smallest absolute Gasteiger partial charge is 0.151 e. The number of benzene rings is 1. The molecule has 0 spiro atoms. The molecule has 0 saturated carbocycles. The third-order valence-electron chi connectivity index (χ3n) is 3.25. The maximum absolute atomic E-state index is 13.3. The predicted octanol–water partition coefficient (Wildman–Crippen LogP) is 1.90. The molecule has 3 N–H and O–H groups in total. The molecule has 0 bridgehead atoms. The number of hydrogen-bond donors (Lipinski definition) is 2. The quantitative estimate of drug-likeness (QED) is 0.739. The fraction of sp³-hybridized carbons (Fsp3) is 0.500. The lowest BCUT2D eigenvalue weighted by Crippen LogP contribution is -2.42. The minimum absolute atomic E-state index is 0.0343. The number of aliphatic hydroxyl groups is 1. The molecule has 5 heteroatoms. The van der Waals surface area contributed by atoms with Crippen molar-refractivity contribution in [3.05, 3.63) is 23.8 Å². The summed E-state index contributed by atoms with van der Waals surface area (Å²) in [7, 11) is 0. The van der Waals surface area contributed by atoms with Crippen LogP contribution in [-0.2, 0) is 0 Å². The Kier molecular flexibility index (Phi) is 2.95. The van der Waals surface area contributed by atoms with Gasteiger partial charge >= 0.3 is 0 Å². The molecule has 1 aromatic rings. The van der Waals surface area contributed by atoms with Crippen LogP contribution < -0.4 is 10.6 Å². The van der Waals surface area contributed by atoms with E-state index in [1.54, 1.807) is 11.8 Å². The third-order valence-corrected chi connectivity index (χ3v) is 3.25. The van der Waals surface area contributed by atoms with Crippen LogP contribution in [0.3, 0.4) is 0 Å². The number of hydrogen-bond acceptors (Lipinski definition) is 3. The highest BCUT2D eigenvalue weighted by molar-refractivity contribution is 5.68. The number of piperidine rings is 1. The molecule has 17 heavy (non-hydrogen) atoms. The second kappa shape index (κ2) is 4.14. The van der Waals surface area contributed by atoms with Crippen LogP contribution in [0.4, 0.5) is 20.2 Å². The molecular formula is C12H16F2N2O.